The number of likely N-dealkylation sites (tertiary alicyclic amines) is 1. The zero-order valence-electron chi connectivity index (χ0n) is 13.2. The highest BCUT2D eigenvalue weighted by Crippen LogP contribution is 2.28. The van der Waals surface area contributed by atoms with Crippen molar-refractivity contribution in [3.8, 4) is 5.75 Å². The van der Waals surface area contributed by atoms with Crippen LogP contribution in [0.5, 0.6) is 5.75 Å². The molecule has 0 aliphatic carbocycles. The van der Waals surface area contributed by atoms with Gasteiger partial charge in [-0.05, 0) is 62.9 Å². The molecule has 1 aromatic rings. The van der Waals surface area contributed by atoms with Crippen LogP contribution in [0.3, 0.4) is 0 Å². The molecule has 0 atom stereocenters. The quantitative estimate of drug-likeness (QED) is 0.556. The fourth-order valence-electron chi connectivity index (χ4n) is 3.29. The minimum atomic E-state index is 0.787. The van der Waals surface area contributed by atoms with Gasteiger partial charge in [-0.1, -0.05) is 28.9 Å². The van der Waals surface area contributed by atoms with Crippen LogP contribution in [-0.4, -0.2) is 41.4 Å². The van der Waals surface area contributed by atoms with Crippen molar-refractivity contribution in [3.63, 3.8) is 0 Å². The van der Waals surface area contributed by atoms with Crippen molar-refractivity contribution < 1.29 is 4.18 Å². The van der Waals surface area contributed by atoms with Crippen molar-refractivity contribution in [1.29, 1.82) is 0 Å². The molecule has 3 nitrogen and oxygen atoms in total. The van der Waals surface area contributed by atoms with Crippen LogP contribution in [0.15, 0.2) is 28.7 Å². The second kappa shape index (κ2) is 8.04. The third-order valence-corrected chi connectivity index (χ3v) is 6.13. The van der Waals surface area contributed by atoms with Crippen molar-refractivity contribution >= 4 is 28.2 Å². The van der Waals surface area contributed by atoms with Crippen molar-refractivity contribution in [2.75, 3.05) is 26.2 Å². The molecular formula is C17H25BrN2OS. The molecule has 2 aliphatic heterocycles. The van der Waals surface area contributed by atoms with Gasteiger partial charge in [-0.25, -0.2) is 4.31 Å². The smallest absolute Gasteiger partial charge is 0.146 e. The first kappa shape index (κ1) is 16.6. The summed E-state index contributed by atoms with van der Waals surface area (Å²) in [7, 11) is 0. The summed E-state index contributed by atoms with van der Waals surface area (Å²) in [6.07, 6.45) is 5.29. The van der Waals surface area contributed by atoms with E-state index < -0.39 is 0 Å². The lowest BCUT2D eigenvalue weighted by atomic mass is 9.95. The molecule has 2 heterocycles. The van der Waals surface area contributed by atoms with Crippen LogP contribution in [0, 0.1) is 5.92 Å². The van der Waals surface area contributed by atoms with Crippen LogP contribution >= 0.6 is 28.2 Å². The predicted octanol–water partition coefficient (Wildman–Crippen LogP) is 4.59. The van der Waals surface area contributed by atoms with E-state index in [1.54, 1.807) is 0 Å². The van der Waals surface area contributed by atoms with Gasteiger partial charge >= 0.3 is 0 Å². The molecule has 0 amide bonds. The van der Waals surface area contributed by atoms with Crippen molar-refractivity contribution in [2.45, 2.75) is 38.6 Å². The van der Waals surface area contributed by atoms with E-state index in [0.717, 1.165) is 35.3 Å². The Hall–Kier alpha value is -0.230. The topological polar surface area (TPSA) is 15.7 Å². The molecule has 0 bridgehead atoms. The molecule has 22 heavy (non-hydrogen) atoms. The van der Waals surface area contributed by atoms with E-state index in [1.807, 2.05) is 24.3 Å². The Morgan fingerprint density at radius 3 is 2.50 bits per heavy atom. The van der Waals surface area contributed by atoms with E-state index in [9.17, 15) is 0 Å². The van der Waals surface area contributed by atoms with Gasteiger partial charge in [0.1, 0.15) is 18.0 Å². The first-order chi connectivity index (χ1) is 10.7. The van der Waals surface area contributed by atoms with Gasteiger partial charge in [-0.15, -0.1) is 0 Å². The van der Waals surface area contributed by atoms with Crippen molar-refractivity contribution in [2.24, 2.45) is 5.92 Å². The summed E-state index contributed by atoms with van der Waals surface area (Å²) in [5.41, 5.74) is 0. The third kappa shape index (κ3) is 4.63. The molecule has 1 aromatic carbocycles. The number of halogens is 1. The summed E-state index contributed by atoms with van der Waals surface area (Å²) in [5, 5.41) is 0. The largest absolute Gasteiger partial charge is 0.409 e. The summed E-state index contributed by atoms with van der Waals surface area (Å²) >= 11 is 4.98. The molecule has 0 unspecified atom stereocenters. The van der Waals surface area contributed by atoms with Crippen LogP contribution in [0.25, 0.3) is 0 Å². The lowest BCUT2D eigenvalue weighted by molar-refractivity contribution is 0.102. The standard InChI is InChI=1S/C17H25BrN2OS/c1-14-5-9-19(10-6-14)16-7-11-20(12-8-16)22-21-17-4-2-3-15(18)13-17/h2-4,13-14,16H,5-12H2,1H3. The van der Waals surface area contributed by atoms with Crippen LogP contribution in [0.1, 0.15) is 32.6 Å². The summed E-state index contributed by atoms with van der Waals surface area (Å²) in [6, 6.07) is 8.82. The molecule has 122 valence electrons. The fraction of sp³-hybridized carbons (Fsp3) is 0.647. The van der Waals surface area contributed by atoms with Gasteiger partial charge in [0.2, 0.25) is 0 Å². The lowest BCUT2D eigenvalue weighted by Crippen LogP contribution is -2.46. The van der Waals surface area contributed by atoms with Gasteiger partial charge in [-0.2, -0.15) is 0 Å². The van der Waals surface area contributed by atoms with E-state index in [0.29, 0.717) is 0 Å². The van der Waals surface area contributed by atoms with Crippen LogP contribution in [0.4, 0.5) is 0 Å². The minimum Gasteiger partial charge on any atom is -0.409 e. The fourth-order valence-corrected chi connectivity index (χ4v) is 4.32. The minimum absolute atomic E-state index is 0.787. The summed E-state index contributed by atoms with van der Waals surface area (Å²) in [5.74, 6) is 1.83. The maximum absolute atomic E-state index is 5.82. The average Bonchev–Trinajstić information content (AvgIpc) is 2.54. The molecule has 2 aliphatic rings. The Morgan fingerprint density at radius 1 is 1.09 bits per heavy atom. The van der Waals surface area contributed by atoms with Crippen molar-refractivity contribution in [3.05, 3.63) is 28.7 Å². The number of benzene rings is 1. The third-order valence-electron chi connectivity index (χ3n) is 4.79. The van der Waals surface area contributed by atoms with E-state index in [2.05, 4.69) is 32.1 Å². The number of piperidine rings is 2. The lowest BCUT2D eigenvalue weighted by Gasteiger charge is -2.40. The zero-order valence-corrected chi connectivity index (χ0v) is 15.6. The van der Waals surface area contributed by atoms with E-state index in [4.69, 9.17) is 4.18 Å². The molecule has 0 N–H and O–H groups in total. The summed E-state index contributed by atoms with van der Waals surface area (Å²) in [6.45, 7) is 7.22. The monoisotopic (exact) mass is 384 g/mol. The molecule has 3 rings (SSSR count). The maximum atomic E-state index is 5.82. The van der Waals surface area contributed by atoms with Gasteiger partial charge < -0.3 is 9.08 Å². The van der Waals surface area contributed by atoms with Crippen LogP contribution < -0.4 is 4.18 Å². The molecule has 2 fully saturated rings. The first-order valence-electron chi connectivity index (χ1n) is 8.30. The SMILES string of the molecule is CC1CCN(C2CCN(SOc3cccc(Br)c3)CC2)CC1. The van der Waals surface area contributed by atoms with E-state index >= 15 is 0 Å². The average molecular weight is 385 g/mol. The highest BCUT2D eigenvalue weighted by molar-refractivity contribution is 9.10. The van der Waals surface area contributed by atoms with E-state index in [1.165, 1.54) is 51.0 Å². The molecule has 0 aromatic heterocycles. The Balaban J connectivity index is 1.40. The molecule has 0 radical (unpaired) electrons. The number of hydrogen-bond donors (Lipinski definition) is 0. The molecule has 0 spiro atoms. The van der Waals surface area contributed by atoms with Gasteiger partial charge in [0.25, 0.3) is 0 Å². The normalized spacial score (nSPS) is 22.8. The Bertz CT molecular complexity index is 471. The molecule has 5 heteroatoms. The first-order valence-corrected chi connectivity index (χ1v) is 9.79. The van der Waals surface area contributed by atoms with Gasteiger partial charge in [0.05, 0.1) is 0 Å². The van der Waals surface area contributed by atoms with Gasteiger partial charge in [0, 0.05) is 23.6 Å². The molecular weight excluding hydrogens is 360 g/mol. The Kier molecular flexibility index (Phi) is 6.08. The van der Waals surface area contributed by atoms with Crippen LogP contribution in [0.2, 0.25) is 0 Å². The number of rotatable bonds is 4. The van der Waals surface area contributed by atoms with Gasteiger partial charge in [-0.3, -0.25) is 0 Å². The second-order valence-corrected chi connectivity index (χ2v) is 8.24. The summed E-state index contributed by atoms with van der Waals surface area (Å²) < 4.78 is 9.23. The second-order valence-electron chi connectivity index (χ2n) is 6.49. The van der Waals surface area contributed by atoms with Crippen molar-refractivity contribution in [1.82, 2.24) is 9.21 Å². The zero-order chi connectivity index (χ0) is 15.4. The number of hydrogen-bond acceptors (Lipinski definition) is 4. The predicted molar refractivity (Wildman–Crippen MR) is 96.9 cm³/mol. The van der Waals surface area contributed by atoms with Crippen LogP contribution in [-0.2, 0) is 0 Å². The number of nitrogens with zero attached hydrogens (tertiary/aromatic N) is 2. The van der Waals surface area contributed by atoms with Gasteiger partial charge in [0.15, 0.2) is 0 Å². The Morgan fingerprint density at radius 2 is 1.82 bits per heavy atom. The van der Waals surface area contributed by atoms with E-state index in [-0.39, 0.29) is 0 Å². The maximum Gasteiger partial charge on any atom is 0.146 e. The highest BCUT2D eigenvalue weighted by atomic mass is 79.9. The summed E-state index contributed by atoms with van der Waals surface area (Å²) in [4.78, 5) is 2.72. The highest BCUT2D eigenvalue weighted by Gasteiger charge is 2.27. The molecule has 0 saturated carbocycles. The Labute approximate surface area is 146 Å². The molecule has 2 saturated heterocycles.